The molecule has 1 aliphatic carbocycles. The van der Waals surface area contributed by atoms with Crippen molar-refractivity contribution in [1.82, 2.24) is 0 Å². The van der Waals surface area contributed by atoms with Gasteiger partial charge in [-0.25, -0.2) is 30.7 Å². The second-order valence-electron chi connectivity index (χ2n) is 4.68. The monoisotopic (exact) mass is 318 g/mol. The Morgan fingerprint density at radius 3 is 1.86 bits per heavy atom. The third-order valence-corrected chi connectivity index (χ3v) is 3.49. The minimum Gasteiger partial charge on any atom is -0.208 e. The van der Waals surface area contributed by atoms with E-state index in [1.807, 2.05) is 0 Å². The van der Waals surface area contributed by atoms with Gasteiger partial charge in [0.2, 0.25) is 0 Å². The molecule has 1 aliphatic rings. The Kier molecular flexibility index (Phi) is 3.23. The van der Waals surface area contributed by atoms with Crippen molar-refractivity contribution in [1.29, 1.82) is 0 Å². The van der Waals surface area contributed by atoms with Gasteiger partial charge in [0.25, 0.3) is 0 Å². The molecule has 0 radical (unpaired) electrons. The Morgan fingerprint density at radius 2 is 1.18 bits per heavy atom. The summed E-state index contributed by atoms with van der Waals surface area (Å²) < 4.78 is 95.4. The minimum atomic E-state index is -2.01. The van der Waals surface area contributed by atoms with Crippen LogP contribution in [0.1, 0.15) is 22.6 Å². The first-order valence-electron chi connectivity index (χ1n) is 6.01. The SMILES string of the molecule is FC1=C(F)C(c2c(F)ccc(F)c2F)c2ccc(F)c(F)c21. The number of allylic oxidation sites excluding steroid dienone is 1. The van der Waals surface area contributed by atoms with E-state index in [-0.39, 0.29) is 0 Å². The minimum absolute atomic E-state index is 0.479. The smallest absolute Gasteiger partial charge is 0.169 e. The molecule has 22 heavy (non-hydrogen) atoms. The number of halogens is 7. The third-order valence-electron chi connectivity index (χ3n) is 3.49. The highest BCUT2D eigenvalue weighted by Crippen LogP contribution is 2.49. The molecule has 0 aliphatic heterocycles. The van der Waals surface area contributed by atoms with E-state index in [1.165, 1.54) is 0 Å². The zero-order valence-corrected chi connectivity index (χ0v) is 10.5. The maximum absolute atomic E-state index is 14.0. The van der Waals surface area contributed by atoms with Crippen molar-refractivity contribution >= 4 is 5.83 Å². The largest absolute Gasteiger partial charge is 0.208 e. The molecule has 0 saturated carbocycles. The van der Waals surface area contributed by atoms with E-state index >= 15 is 0 Å². The van der Waals surface area contributed by atoms with Crippen LogP contribution >= 0.6 is 0 Å². The average Bonchev–Trinajstić information content (AvgIpc) is 2.73. The standard InChI is InChI=1S/C15H5F7/c16-6-3-4-8(18)13(20)11(6)9-5-1-2-7(17)12(19)10(5)15(22)14(9)21/h1-4,9H. The van der Waals surface area contributed by atoms with E-state index in [0.29, 0.717) is 18.2 Å². The first kappa shape index (κ1) is 14.6. The van der Waals surface area contributed by atoms with Crippen LogP contribution in [0, 0.1) is 29.1 Å². The fourth-order valence-corrected chi connectivity index (χ4v) is 2.50. The first-order valence-corrected chi connectivity index (χ1v) is 6.01. The summed E-state index contributed by atoms with van der Waals surface area (Å²) in [6.07, 6.45) is 0. The van der Waals surface area contributed by atoms with E-state index in [9.17, 15) is 30.7 Å². The summed E-state index contributed by atoms with van der Waals surface area (Å²) in [7, 11) is 0. The van der Waals surface area contributed by atoms with Crippen LogP contribution < -0.4 is 0 Å². The molecule has 1 unspecified atom stereocenters. The van der Waals surface area contributed by atoms with Gasteiger partial charge in [-0.3, -0.25) is 0 Å². The van der Waals surface area contributed by atoms with Gasteiger partial charge in [0.1, 0.15) is 11.6 Å². The van der Waals surface area contributed by atoms with Gasteiger partial charge < -0.3 is 0 Å². The quantitative estimate of drug-likeness (QED) is 0.505. The molecule has 2 aromatic rings. The van der Waals surface area contributed by atoms with Crippen LogP contribution in [0.15, 0.2) is 30.1 Å². The lowest BCUT2D eigenvalue weighted by atomic mass is 9.91. The van der Waals surface area contributed by atoms with Gasteiger partial charge in [-0.05, 0) is 23.8 Å². The second kappa shape index (κ2) is 4.86. The van der Waals surface area contributed by atoms with Crippen molar-refractivity contribution in [2.24, 2.45) is 0 Å². The van der Waals surface area contributed by atoms with Crippen molar-refractivity contribution in [2.45, 2.75) is 5.92 Å². The van der Waals surface area contributed by atoms with E-state index < -0.39 is 63.3 Å². The molecule has 2 aromatic carbocycles. The summed E-state index contributed by atoms with van der Waals surface area (Å²) >= 11 is 0. The van der Waals surface area contributed by atoms with Gasteiger partial charge in [-0.1, -0.05) is 6.07 Å². The van der Waals surface area contributed by atoms with Crippen molar-refractivity contribution in [3.05, 3.63) is 75.9 Å². The molecule has 0 N–H and O–H groups in total. The Labute approximate surface area is 119 Å². The predicted octanol–water partition coefficient (Wildman–Crippen LogP) is 5.14. The molecule has 3 rings (SSSR count). The summed E-state index contributed by atoms with van der Waals surface area (Å²) in [5.41, 5.74) is -2.67. The molecule has 0 fully saturated rings. The summed E-state index contributed by atoms with van der Waals surface area (Å²) in [6.45, 7) is 0. The molecule has 1 atom stereocenters. The number of hydrogen-bond acceptors (Lipinski definition) is 0. The molecule has 0 bridgehead atoms. The second-order valence-corrected chi connectivity index (χ2v) is 4.68. The Balaban J connectivity index is 2.33. The van der Waals surface area contributed by atoms with Gasteiger partial charge in [0.05, 0.1) is 11.5 Å². The topological polar surface area (TPSA) is 0 Å². The van der Waals surface area contributed by atoms with Crippen LogP contribution in [0.3, 0.4) is 0 Å². The van der Waals surface area contributed by atoms with Crippen LogP contribution in [0.2, 0.25) is 0 Å². The van der Waals surface area contributed by atoms with Crippen LogP contribution in [-0.4, -0.2) is 0 Å². The van der Waals surface area contributed by atoms with Gasteiger partial charge in [0, 0.05) is 5.56 Å². The molecule has 0 amide bonds. The average molecular weight is 318 g/mol. The van der Waals surface area contributed by atoms with Crippen molar-refractivity contribution in [3.8, 4) is 0 Å². The highest BCUT2D eigenvalue weighted by Gasteiger charge is 2.40. The van der Waals surface area contributed by atoms with Gasteiger partial charge in [-0.15, -0.1) is 0 Å². The maximum atomic E-state index is 14.0. The van der Waals surface area contributed by atoms with Crippen LogP contribution in [0.25, 0.3) is 5.83 Å². The van der Waals surface area contributed by atoms with Crippen LogP contribution in [-0.2, 0) is 0 Å². The molecule has 114 valence electrons. The Morgan fingerprint density at radius 1 is 0.636 bits per heavy atom. The normalized spacial score (nSPS) is 17.1. The molecule has 0 aromatic heterocycles. The summed E-state index contributed by atoms with van der Waals surface area (Å²) in [5.74, 6) is -13.1. The Bertz CT molecular complexity index is 823. The van der Waals surface area contributed by atoms with Crippen molar-refractivity contribution < 1.29 is 30.7 Å². The van der Waals surface area contributed by atoms with Gasteiger partial charge in [-0.2, -0.15) is 0 Å². The lowest BCUT2D eigenvalue weighted by Crippen LogP contribution is -2.08. The summed E-state index contributed by atoms with van der Waals surface area (Å²) in [4.78, 5) is 0. The van der Waals surface area contributed by atoms with E-state index in [0.717, 1.165) is 6.07 Å². The van der Waals surface area contributed by atoms with Crippen molar-refractivity contribution in [3.63, 3.8) is 0 Å². The molecule has 0 nitrogen and oxygen atoms in total. The van der Waals surface area contributed by atoms with Gasteiger partial charge >= 0.3 is 0 Å². The van der Waals surface area contributed by atoms with E-state index in [1.54, 1.807) is 0 Å². The van der Waals surface area contributed by atoms with E-state index in [4.69, 9.17) is 0 Å². The summed E-state index contributed by atoms with van der Waals surface area (Å²) in [6, 6.07) is 2.39. The molecule has 0 heterocycles. The highest BCUT2D eigenvalue weighted by molar-refractivity contribution is 5.74. The summed E-state index contributed by atoms with van der Waals surface area (Å²) in [5, 5.41) is 0. The number of fused-ring (bicyclic) bond motifs is 1. The molecule has 0 saturated heterocycles. The van der Waals surface area contributed by atoms with Crippen molar-refractivity contribution in [2.75, 3.05) is 0 Å². The lowest BCUT2D eigenvalue weighted by Gasteiger charge is -2.14. The first-order chi connectivity index (χ1) is 10.3. The lowest BCUT2D eigenvalue weighted by molar-refractivity contribution is 0.465. The molecular formula is C15H5F7. The zero-order chi connectivity index (χ0) is 16.2. The highest BCUT2D eigenvalue weighted by atomic mass is 19.2. The fraction of sp³-hybridized carbons (Fsp3) is 0.0667. The zero-order valence-electron chi connectivity index (χ0n) is 10.5. The molecule has 0 spiro atoms. The predicted molar refractivity (Wildman–Crippen MR) is 63.7 cm³/mol. The molecule has 7 heteroatoms. The van der Waals surface area contributed by atoms with Crippen LogP contribution in [0.4, 0.5) is 30.7 Å². The van der Waals surface area contributed by atoms with E-state index in [2.05, 4.69) is 0 Å². The number of rotatable bonds is 1. The number of benzene rings is 2. The fourth-order valence-electron chi connectivity index (χ4n) is 2.50. The van der Waals surface area contributed by atoms with Crippen LogP contribution in [0.5, 0.6) is 0 Å². The maximum Gasteiger partial charge on any atom is 0.169 e. The molecular weight excluding hydrogens is 313 g/mol. The third kappa shape index (κ3) is 1.84. The number of hydrogen-bond donors (Lipinski definition) is 0. The van der Waals surface area contributed by atoms with Gasteiger partial charge in [0.15, 0.2) is 29.1 Å². The Hall–Kier alpha value is -2.31.